The molecule has 0 spiro atoms. The Balaban J connectivity index is 1.32. The van der Waals surface area contributed by atoms with E-state index in [1.54, 1.807) is 7.11 Å². The van der Waals surface area contributed by atoms with Gasteiger partial charge >= 0.3 is 18.1 Å². The lowest BCUT2D eigenvalue weighted by Crippen LogP contribution is -2.54. The molecule has 1 saturated carbocycles. The summed E-state index contributed by atoms with van der Waals surface area (Å²) in [6.45, 7) is 0.714. The van der Waals surface area contributed by atoms with Crippen LogP contribution in [0.1, 0.15) is 55.7 Å². The number of urea groups is 1. The number of carbonyl (C=O) groups excluding carboxylic acids is 3. The maximum absolute atomic E-state index is 14.1. The summed E-state index contributed by atoms with van der Waals surface area (Å²) in [6, 6.07) is 10.9. The molecule has 2 saturated heterocycles. The van der Waals surface area contributed by atoms with Gasteiger partial charge in [0.1, 0.15) is 11.8 Å². The Bertz CT molecular complexity index is 1410. The summed E-state index contributed by atoms with van der Waals surface area (Å²) in [5.74, 6) is -2.57. The number of amides is 3. The van der Waals surface area contributed by atoms with Crippen LogP contribution in [-0.2, 0) is 19.7 Å². The number of esters is 1. The highest BCUT2D eigenvalue weighted by Gasteiger charge is 2.51. The monoisotopic (exact) mass is 582 g/mol. The van der Waals surface area contributed by atoms with E-state index < -0.39 is 53.5 Å². The fraction of sp³-hybridized carbons (Fsp3) is 0.467. The van der Waals surface area contributed by atoms with Crippen LogP contribution in [-0.4, -0.2) is 67.0 Å². The summed E-state index contributed by atoms with van der Waals surface area (Å²) in [6.07, 6.45) is 1.01. The smallest absolute Gasteiger partial charge is 0.419 e. The Hall–Kier alpha value is -4.24. The van der Waals surface area contributed by atoms with Crippen molar-refractivity contribution >= 4 is 18.1 Å². The van der Waals surface area contributed by atoms with Crippen LogP contribution in [0.4, 0.5) is 18.4 Å². The van der Waals surface area contributed by atoms with Crippen LogP contribution in [0.15, 0.2) is 42.5 Å². The summed E-state index contributed by atoms with van der Waals surface area (Å²) in [5.41, 5.74) is 0.197. The number of para-hydroxylation sites is 1. The van der Waals surface area contributed by atoms with Gasteiger partial charge in [0.05, 0.1) is 31.9 Å². The summed E-state index contributed by atoms with van der Waals surface area (Å²) >= 11 is 0. The zero-order chi connectivity index (χ0) is 30.0. The molecule has 12 heteroatoms. The third-order valence-corrected chi connectivity index (χ3v) is 8.63. The number of ether oxygens (including phenoxy) is 3. The second-order valence-corrected chi connectivity index (χ2v) is 10.8. The highest BCUT2D eigenvalue weighted by atomic mass is 19.2. The minimum Gasteiger partial charge on any atom is -0.496 e. The zero-order valence-corrected chi connectivity index (χ0v) is 23.3. The Morgan fingerprint density at radius 2 is 1.83 bits per heavy atom. The average molecular weight is 583 g/mol. The molecule has 2 aromatic carbocycles. The van der Waals surface area contributed by atoms with Gasteiger partial charge in [0.2, 0.25) is 6.10 Å². The second-order valence-electron chi connectivity index (χ2n) is 10.8. The van der Waals surface area contributed by atoms with Crippen molar-refractivity contribution in [2.24, 2.45) is 0 Å². The van der Waals surface area contributed by atoms with Gasteiger partial charge in [0, 0.05) is 18.2 Å². The van der Waals surface area contributed by atoms with Gasteiger partial charge in [-0.15, -0.1) is 0 Å². The van der Waals surface area contributed by atoms with Crippen molar-refractivity contribution in [1.82, 2.24) is 15.1 Å². The summed E-state index contributed by atoms with van der Waals surface area (Å²) < 4.78 is 43.2. The molecule has 2 aliphatic heterocycles. The number of carbonyl (C=O) groups is 3. The largest absolute Gasteiger partial charge is 0.496 e. The molecule has 3 atom stereocenters. The standard InChI is InChI=1S/C30H32F2N4O6/c1-40-23-7-4-3-6-20(23)30(17-33)13-11-19(12-14-30)35-15-5-8-24(35)34-28(38)36-25(18-9-10-21(31)22(32)16-18)26(27(37)41-2)42-29(36)39/h3-4,6-7,9-10,16,19,24-26H,5,8,11-15H2,1-2H3,(H,34,38)/t19?,24?,25-,26?,30?/m0/s1. The predicted molar refractivity (Wildman–Crippen MR) is 144 cm³/mol. The minimum absolute atomic E-state index is 0.00467. The molecule has 2 unspecified atom stereocenters. The number of likely N-dealkylation sites (tertiary alicyclic amines) is 1. The molecule has 42 heavy (non-hydrogen) atoms. The number of cyclic esters (lactones) is 1. The van der Waals surface area contributed by atoms with Crippen molar-refractivity contribution in [3.63, 3.8) is 0 Å². The molecule has 0 bridgehead atoms. The Labute approximate surface area is 242 Å². The van der Waals surface area contributed by atoms with Crippen LogP contribution in [0.25, 0.3) is 0 Å². The van der Waals surface area contributed by atoms with Gasteiger partial charge in [-0.1, -0.05) is 24.3 Å². The number of benzene rings is 2. The third-order valence-electron chi connectivity index (χ3n) is 8.63. The third kappa shape index (κ3) is 5.25. The van der Waals surface area contributed by atoms with E-state index >= 15 is 0 Å². The lowest BCUT2D eigenvalue weighted by atomic mass is 9.68. The van der Waals surface area contributed by atoms with E-state index in [1.807, 2.05) is 24.3 Å². The van der Waals surface area contributed by atoms with Crippen LogP contribution >= 0.6 is 0 Å². The van der Waals surface area contributed by atoms with E-state index in [0.717, 1.165) is 31.2 Å². The number of rotatable bonds is 6. The predicted octanol–water partition coefficient (Wildman–Crippen LogP) is 4.54. The van der Waals surface area contributed by atoms with Gasteiger partial charge in [-0.25, -0.2) is 28.1 Å². The first kappa shape index (κ1) is 29.3. The normalized spacial score (nSPS) is 27.7. The minimum atomic E-state index is -1.55. The average Bonchev–Trinajstić information content (AvgIpc) is 3.62. The number of nitrogens with zero attached hydrogens (tertiary/aromatic N) is 3. The van der Waals surface area contributed by atoms with Crippen molar-refractivity contribution < 1.29 is 37.4 Å². The van der Waals surface area contributed by atoms with Crippen LogP contribution in [0.3, 0.4) is 0 Å². The first-order chi connectivity index (χ1) is 20.2. The maximum Gasteiger partial charge on any atom is 0.419 e. The SMILES string of the molecule is COC(=O)C1OC(=O)N(C(=O)NC2CCCN2C2CCC(C#N)(c3ccccc3OC)CC2)[C@H]1c1ccc(F)c(F)c1. The molecule has 0 aromatic heterocycles. The van der Waals surface area contributed by atoms with E-state index in [1.165, 1.54) is 6.07 Å². The lowest BCUT2D eigenvalue weighted by Gasteiger charge is -2.41. The van der Waals surface area contributed by atoms with Crippen LogP contribution in [0.5, 0.6) is 5.75 Å². The quantitative estimate of drug-likeness (QED) is 0.493. The Morgan fingerprint density at radius 1 is 1.10 bits per heavy atom. The van der Waals surface area contributed by atoms with Crippen LogP contribution < -0.4 is 10.1 Å². The van der Waals surface area contributed by atoms with Crippen molar-refractivity contribution in [1.29, 1.82) is 5.26 Å². The fourth-order valence-electron chi connectivity index (χ4n) is 6.50. The summed E-state index contributed by atoms with van der Waals surface area (Å²) in [5, 5.41) is 13.1. The molecule has 10 nitrogen and oxygen atoms in total. The summed E-state index contributed by atoms with van der Waals surface area (Å²) in [4.78, 5) is 41.7. The van der Waals surface area contributed by atoms with E-state index in [2.05, 4.69) is 16.3 Å². The van der Waals surface area contributed by atoms with Gasteiger partial charge in [0.15, 0.2) is 11.6 Å². The van der Waals surface area contributed by atoms with Gasteiger partial charge in [-0.3, -0.25) is 4.90 Å². The van der Waals surface area contributed by atoms with E-state index in [0.29, 0.717) is 49.3 Å². The number of halogens is 2. The fourth-order valence-corrected chi connectivity index (χ4v) is 6.50. The molecule has 1 N–H and O–H groups in total. The molecule has 0 radical (unpaired) electrons. The Kier molecular flexibility index (Phi) is 8.31. The topological polar surface area (TPSA) is 121 Å². The number of imide groups is 1. The van der Waals surface area contributed by atoms with Crippen LogP contribution in [0.2, 0.25) is 0 Å². The second kappa shape index (κ2) is 11.9. The summed E-state index contributed by atoms with van der Waals surface area (Å²) in [7, 11) is 2.68. The van der Waals surface area contributed by atoms with Crippen molar-refractivity contribution in [2.45, 2.75) is 68.3 Å². The van der Waals surface area contributed by atoms with Crippen molar-refractivity contribution in [3.8, 4) is 11.8 Å². The van der Waals surface area contributed by atoms with Gasteiger partial charge in [-0.2, -0.15) is 5.26 Å². The maximum atomic E-state index is 14.1. The van der Waals surface area contributed by atoms with E-state index in [-0.39, 0.29) is 11.6 Å². The molecule has 3 fully saturated rings. The Morgan fingerprint density at radius 3 is 2.50 bits per heavy atom. The molecule has 2 heterocycles. The zero-order valence-electron chi connectivity index (χ0n) is 23.3. The first-order valence-corrected chi connectivity index (χ1v) is 13.9. The van der Waals surface area contributed by atoms with E-state index in [4.69, 9.17) is 14.2 Å². The number of nitriles is 1. The highest BCUT2D eigenvalue weighted by molar-refractivity contribution is 5.96. The molecule has 222 valence electrons. The van der Waals surface area contributed by atoms with Crippen molar-refractivity contribution in [2.75, 3.05) is 20.8 Å². The van der Waals surface area contributed by atoms with E-state index in [9.17, 15) is 28.4 Å². The molecule has 3 amide bonds. The number of hydrogen-bond acceptors (Lipinski definition) is 8. The first-order valence-electron chi connectivity index (χ1n) is 13.9. The molecule has 2 aromatic rings. The van der Waals surface area contributed by atoms with Crippen molar-refractivity contribution in [3.05, 3.63) is 65.2 Å². The lowest BCUT2D eigenvalue weighted by molar-refractivity contribution is -0.150. The molecule has 5 rings (SSSR count). The molecule has 3 aliphatic rings. The van der Waals surface area contributed by atoms with Gasteiger partial charge in [0.25, 0.3) is 0 Å². The van der Waals surface area contributed by atoms with Gasteiger partial charge < -0.3 is 19.5 Å². The molecule has 1 aliphatic carbocycles. The number of hydrogen-bond donors (Lipinski definition) is 1. The number of methoxy groups -OCH3 is 2. The molecular formula is C30H32F2N4O6. The number of nitrogens with one attached hydrogen (secondary N) is 1. The molecular weight excluding hydrogens is 550 g/mol. The highest BCUT2D eigenvalue weighted by Crippen LogP contribution is 2.44. The van der Waals surface area contributed by atoms with Gasteiger partial charge in [-0.05, 0) is 62.3 Å². The van der Waals surface area contributed by atoms with Crippen LogP contribution in [0, 0.1) is 23.0 Å².